The number of anilines is 1. The number of rotatable bonds is 7. The Bertz CT molecular complexity index is 1100. The number of hydrogen-bond donors (Lipinski definition) is 1. The summed E-state index contributed by atoms with van der Waals surface area (Å²) in [4.78, 5) is 5.08. The van der Waals surface area contributed by atoms with Gasteiger partial charge in [-0.05, 0) is 49.9 Å². The van der Waals surface area contributed by atoms with E-state index in [-0.39, 0.29) is 4.90 Å². The smallest absolute Gasteiger partial charge is 0.261 e. The van der Waals surface area contributed by atoms with E-state index in [0.717, 1.165) is 35.4 Å². The highest BCUT2D eigenvalue weighted by atomic mass is 32.2. The molecule has 5 heteroatoms. The molecule has 0 spiro atoms. The van der Waals surface area contributed by atoms with E-state index in [9.17, 15) is 8.42 Å². The fourth-order valence-corrected chi connectivity index (χ4v) is 5.44. The molecule has 0 aliphatic heterocycles. The molecule has 30 heavy (non-hydrogen) atoms. The quantitative estimate of drug-likeness (QED) is 0.490. The number of fused-ring (bicyclic) bond motifs is 1. The van der Waals surface area contributed by atoms with Crippen LogP contribution in [-0.2, 0) is 16.4 Å². The summed E-state index contributed by atoms with van der Waals surface area (Å²) < 4.78 is 28.4. The van der Waals surface area contributed by atoms with Gasteiger partial charge in [-0.2, -0.15) is 0 Å². The van der Waals surface area contributed by atoms with Gasteiger partial charge in [0.25, 0.3) is 10.0 Å². The van der Waals surface area contributed by atoms with E-state index in [0.29, 0.717) is 11.2 Å². The standard InChI is InChI=1S/C25H30N2O2S/c1-19-13-17-23(18-14-19)30(28,29)27-24-12-6-10-21-15-16-22(26-25(21)24)11-5-9-20-7-3-2-4-8-20/h6,10,12-18,20,27H,2-5,7-9,11H2,1H3. The largest absolute Gasteiger partial charge is 0.277 e. The van der Waals surface area contributed by atoms with Crippen LogP contribution in [0, 0.1) is 12.8 Å². The van der Waals surface area contributed by atoms with Crippen LogP contribution in [0.5, 0.6) is 0 Å². The van der Waals surface area contributed by atoms with E-state index < -0.39 is 10.0 Å². The molecule has 2 aromatic carbocycles. The van der Waals surface area contributed by atoms with Crippen molar-refractivity contribution >= 4 is 26.6 Å². The number of benzene rings is 2. The van der Waals surface area contributed by atoms with E-state index in [1.807, 2.05) is 25.1 Å². The molecule has 0 saturated heterocycles. The molecule has 1 aliphatic carbocycles. The van der Waals surface area contributed by atoms with Crippen molar-refractivity contribution < 1.29 is 8.42 Å². The molecule has 1 saturated carbocycles. The van der Waals surface area contributed by atoms with Crippen LogP contribution < -0.4 is 4.72 Å². The van der Waals surface area contributed by atoms with E-state index in [1.54, 1.807) is 30.3 Å². The molecule has 4 rings (SSSR count). The number of hydrogen-bond acceptors (Lipinski definition) is 3. The Morgan fingerprint density at radius 2 is 1.73 bits per heavy atom. The van der Waals surface area contributed by atoms with Crippen LogP contribution >= 0.6 is 0 Å². The van der Waals surface area contributed by atoms with Gasteiger partial charge in [-0.1, -0.05) is 74.4 Å². The SMILES string of the molecule is Cc1ccc(S(=O)(=O)Nc2cccc3ccc(CCCC4CCCCC4)nc23)cc1. The van der Waals surface area contributed by atoms with E-state index in [2.05, 4.69) is 10.8 Å². The maximum atomic E-state index is 12.8. The second-order valence-electron chi connectivity index (χ2n) is 8.49. The molecule has 0 amide bonds. The van der Waals surface area contributed by atoms with Crippen molar-refractivity contribution in [1.82, 2.24) is 4.98 Å². The third-order valence-electron chi connectivity index (χ3n) is 6.12. The van der Waals surface area contributed by atoms with Crippen LogP contribution in [-0.4, -0.2) is 13.4 Å². The number of pyridine rings is 1. The predicted molar refractivity (Wildman–Crippen MR) is 123 cm³/mol. The molecule has 0 radical (unpaired) electrons. The van der Waals surface area contributed by atoms with Gasteiger partial charge < -0.3 is 0 Å². The molecule has 0 bridgehead atoms. The highest BCUT2D eigenvalue weighted by molar-refractivity contribution is 7.92. The molecular weight excluding hydrogens is 392 g/mol. The lowest BCUT2D eigenvalue weighted by Gasteiger charge is -2.21. The van der Waals surface area contributed by atoms with Crippen LogP contribution in [0.3, 0.4) is 0 Å². The Balaban J connectivity index is 1.51. The van der Waals surface area contributed by atoms with Gasteiger partial charge in [-0.25, -0.2) is 8.42 Å². The van der Waals surface area contributed by atoms with Crippen molar-refractivity contribution in [3.63, 3.8) is 0 Å². The van der Waals surface area contributed by atoms with Gasteiger partial charge >= 0.3 is 0 Å². The molecule has 1 aliphatic rings. The minimum atomic E-state index is -3.66. The van der Waals surface area contributed by atoms with E-state index >= 15 is 0 Å². The van der Waals surface area contributed by atoms with Crippen LogP contribution in [0.15, 0.2) is 59.5 Å². The van der Waals surface area contributed by atoms with Gasteiger partial charge in [0.1, 0.15) is 0 Å². The van der Waals surface area contributed by atoms with Crippen molar-refractivity contribution in [3.8, 4) is 0 Å². The first-order chi connectivity index (χ1) is 14.5. The molecule has 0 unspecified atom stereocenters. The Kier molecular flexibility index (Phi) is 6.38. The summed E-state index contributed by atoms with van der Waals surface area (Å²) in [5.41, 5.74) is 3.30. The first-order valence-corrected chi connectivity index (χ1v) is 12.5. The average Bonchev–Trinajstić information content (AvgIpc) is 2.75. The molecule has 1 fully saturated rings. The highest BCUT2D eigenvalue weighted by Crippen LogP contribution is 2.29. The van der Waals surface area contributed by atoms with Gasteiger partial charge in [0.05, 0.1) is 16.1 Å². The number of sulfonamides is 1. The number of para-hydroxylation sites is 1. The Hall–Kier alpha value is -2.40. The minimum Gasteiger partial charge on any atom is -0.277 e. The van der Waals surface area contributed by atoms with E-state index in [4.69, 9.17) is 4.98 Å². The van der Waals surface area contributed by atoms with Crippen LogP contribution in [0.1, 0.15) is 56.2 Å². The lowest BCUT2D eigenvalue weighted by Crippen LogP contribution is -2.13. The van der Waals surface area contributed by atoms with Gasteiger partial charge in [0.15, 0.2) is 0 Å². The first-order valence-electron chi connectivity index (χ1n) is 11.0. The Morgan fingerprint density at radius 1 is 0.967 bits per heavy atom. The lowest BCUT2D eigenvalue weighted by atomic mass is 9.85. The second-order valence-corrected chi connectivity index (χ2v) is 10.2. The summed E-state index contributed by atoms with van der Waals surface area (Å²) in [5, 5.41) is 0.940. The molecule has 1 heterocycles. The molecule has 0 atom stereocenters. The summed E-state index contributed by atoms with van der Waals surface area (Å²) >= 11 is 0. The first kappa shape index (κ1) is 20.9. The highest BCUT2D eigenvalue weighted by Gasteiger charge is 2.16. The molecule has 158 valence electrons. The molecule has 1 aromatic heterocycles. The van der Waals surface area contributed by atoms with Crippen molar-refractivity contribution in [2.45, 2.75) is 63.2 Å². The van der Waals surface area contributed by atoms with Gasteiger partial charge in [-0.15, -0.1) is 0 Å². The van der Waals surface area contributed by atoms with Crippen molar-refractivity contribution in [3.05, 3.63) is 65.9 Å². The van der Waals surface area contributed by atoms with Crippen molar-refractivity contribution in [2.75, 3.05) is 4.72 Å². The minimum absolute atomic E-state index is 0.258. The molecular formula is C25H30N2O2S. The summed E-state index contributed by atoms with van der Waals surface area (Å²) in [6.45, 7) is 1.94. The average molecular weight is 423 g/mol. The fraction of sp³-hybridized carbons (Fsp3) is 0.400. The maximum absolute atomic E-state index is 12.8. The third-order valence-corrected chi connectivity index (χ3v) is 7.50. The number of nitrogens with one attached hydrogen (secondary N) is 1. The van der Waals surface area contributed by atoms with Gasteiger partial charge in [0, 0.05) is 11.1 Å². The zero-order valence-corrected chi connectivity index (χ0v) is 18.4. The monoisotopic (exact) mass is 422 g/mol. The molecule has 3 aromatic rings. The summed E-state index contributed by atoms with van der Waals surface area (Å²) in [6, 6.07) is 16.6. The van der Waals surface area contributed by atoms with Gasteiger partial charge in [0.2, 0.25) is 0 Å². The zero-order chi connectivity index (χ0) is 21.0. The summed E-state index contributed by atoms with van der Waals surface area (Å²) in [6.07, 6.45) is 10.2. The summed E-state index contributed by atoms with van der Waals surface area (Å²) in [7, 11) is -3.66. The second kappa shape index (κ2) is 9.17. The topological polar surface area (TPSA) is 59.1 Å². The van der Waals surface area contributed by atoms with Crippen molar-refractivity contribution in [2.24, 2.45) is 5.92 Å². The fourth-order valence-electron chi connectivity index (χ4n) is 4.38. The Labute approximate surface area is 179 Å². The maximum Gasteiger partial charge on any atom is 0.261 e. The number of aryl methyl sites for hydroxylation is 2. The molecule has 1 N–H and O–H groups in total. The number of nitrogens with zero attached hydrogens (tertiary/aromatic N) is 1. The van der Waals surface area contributed by atoms with Crippen LogP contribution in [0.4, 0.5) is 5.69 Å². The summed E-state index contributed by atoms with van der Waals surface area (Å²) in [5.74, 6) is 0.871. The zero-order valence-electron chi connectivity index (χ0n) is 17.6. The number of aromatic nitrogens is 1. The third kappa shape index (κ3) is 5.01. The van der Waals surface area contributed by atoms with Crippen molar-refractivity contribution in [1.29, 1.82) is 0 Å². The lowest BCUT2D eigenvalue weighted by molar-refractivity contribution is 0.332. The van der Waals surface area contributed by atoms with Crippen LogP contribution in [0.2, 0.25) is 0 Å². The van der Waals surface area contributed by atoms with Gasteiger partial charge in [-0.3, -0.25) is 9.71 Å². The normalized spacial score (nSPS) is 15.4. The van der Waals surface area contributed by atoms with E-state index in [1.165, 1.54) is 38.5 Å². The Morgan fingerprint density at radius 3 is 2.50 bits per heavy atom. The molecule has 4 nitrogen and oxygen atoms in total. The predicted octanol–water partition coefficient (Wildman–Crippen LogP) is 6.25. The van der Waals surface area contributed by atoms with Crippen LogP contribution in [0.25, 0.3) is 10.9 Å².